The summed E-state index contributed by atoms with van der Waals surface area (Å²) in [7, 11) is 0. The van der Waals surface area contributed by atoms with Crippen molar-refractivity contribution < 1.29 is 5.21 Å². The molecular weight excluding hydrogens is 224 g/mol. The molecule has 3 nitrogen and oxygen atoms in total. The number of nitrogens with one attached hydrogen (secondary N) is 1. The van der Waals surface area contributed by atoms with Crippen molar-refractivity contribution in [1.29, 1.82) is 0 Å². The van der Waals surface area contributed by atoms with Crippen LogP contribution < -0.4 is 5.32 Å². The highest BCUT2D eigenvalue weighted by Gasteiger charge is 2.41. The number of hydrogen-bond donors (Lipinski definition) is 2. The fourth-order valence-electron chi connectivity index (χ4n) is 4.14. The maximum Gasteiger partial charge on any atom is 0.0862 e. The van der Waals surface area contributed by atoms with Crippen molar-refractivity contribution >= 4 is 5.71 Å². The molecule has 2 atom stereocenters. The summed E-state index contributed by atoms with van der Waals surface area (Å²) in [4.78, 5) is 0. The summed E-state index contributed by atoms with van der Waals surface area (Å²) in [6.07, 6.45) is 6.78. The first-order valence-electron chi connectivity index (χ1n) is 6.91. The van der Waals surface area contributed by atoms with E-state index in [2.05, 4.69) is 23.5 Å². The molecule has 4 rings (SSSR count). The van der Waals surface area contributed by atoms with Crippen LogP contribution >= 0.6 is 0 Å². The van der Waals surface area contributed by atoms with Gasteiger partial charge in [0.2, 0.25) is 0 Å². The van der Waals surface area contributed by atoms with Gasteiger partial charge in [-0.3, -0.25) is 0 Å². The number of rotatable bonds is 0. The summed E-state index contributed by atoms with van der Waals surface area (Å²) in [5.74, 6) is 0.988. The fraction of sp³-hybridized carbons (Fsp3) is 0.533. The zero-order valence-corrected chi connectivity index (χ0v) is 10.7. The molecule has 0 amide bonds. The molecule has 0 bridgehead atoms. The normalized spacial score (nSPS) is 35.6. The van der Waals surface area contributed by atoms with E-state index in [-0.39, 0.29) is 0 Å². The van der Waals surface area contributed by atoms with Crippen LogP contribution in [0.4, 0.5) is 0 Å². The summed E-state index contributed by atoms with van der Waals surface area (Å²) >= 11 is 0. The zero-order chi connectivity index (χ0) is 12.3. The Morgan fingerprint density at radius 1 is 1.28 bits per heavy atom. The number of allylic oxidation sites excluding steroid dienone is 5. The molecule has 3 aliphatic carbocycles. The van der Waals surface area contributed by atoms with Gasteiger partial charge < -0.3 is 10.5 Å². The van der Waals surface area contributed by atoms with E-state index < -0.39 is 0 Å². The van der Waals surface area contributed by atoms with Crippen LogP contribution in [0.25, 0.3) is 0 Å². The monoisotopic (exact) mass is 242 g/mol. The third kappa shape index (κ3) is 1.17. The molecular formula is C15H18N2O. The second-order valence-corrected chi connectivity index (χ2v) is 5.88. The molecule has 1 aliphatic heterocycles. The molecule has 2 unspecified atom stereocenters. The maximum absolute atomic E-state index is 9.25. The maximum atomic E-state index is 9.25. The minimum absolute atomic E-state index is 0.384. The van der Waals surface area contributed by atoms with E-state index in [1.165, 1.54) is 23.3 Å². The summed E-state index contributed by atoms with van der Waals surface area (Å²) in [5.41, 5.74) is 8.31. The van der Waals surface area contributed by atoms with Gasteiger partial charge in [0.1, 0.15) is 0 Å². The van der Waals surface area contributed by atoms with Gasteiger partial charge in [0.05, 0.1) is 5.71 Å². The van der Waals surface area contributed by atoms with E-state index in [4.69, 9.17) is 0 Å². The van der Waals surface area contributed by atoms with Gasteiger partial charge >= 0.3 is 0 Å². The Kier molecular flexibility index (Phi) is 2.02. The van der Waals surface area contributed by atoms with E-state index >= 15 is 0 Å². The lowest BCUT2D eigenvalue weighted by Gasteiger charge is -2.27. The smallest absolute Gasteiger partial charge is 0.0862 e. The average Bonchev–Trinajstić information content (AvgIpc) is 2.92. The largest absolute Gasteiger partial charge is 0.411 e. The van der Waals surface area contributed by atoms with Gasteiger partial charge in [0.25, 0.3) is 0 Å². The third-order valence-electron chi connectivity index (χ3n) is 4.88. The summed E-state index contributed by atoms with van der Waals surface area (Å²) < 4.78 is 0. The van der Waals surface area contributed by atoms with Crippen molar-refractivity contribution in [2.45, 2.75) is 32.6 Å². The van der Waals surface area contributed by atoms with Crippen LogP contribution in [0.1, 0.15) is 32.6 Å². The Labute approximate surface area is 107 Å². The quantitative estimate of drug-likeness (QED) is 0.507. The molecule has 94 valence electrons. The SMILES string of the molecule is CC1CC2=C(CC3CNC4=CCCC2=C43)C1=NO. The van der Waals surface area contributed by atoms with Gasteiger partial charge in [-0.15, -0.1) is 0 Å². The van der Waals surface area contributed by atoms with Crippen molar-refractivity contribution in [3.63, 3.8) is 0 Å². The molecule has 3 heteroatoms. The van der Waals surface area contributed by atoms with Crippen LogP contribution in [-0.2, 0) is 0 Å². The van der Waals surface area contributed by atoms with Crippen LogP contribution in [0, 0.1) is 11.8 Å². The van der Waals surface area contributed by atoms with E-state index in [9.17, 15) is 5.21 Å². The average molecular weight is 242 g/mol. The third-order valence-corrected chi connectivity index (χ3v) is 4.88. The Morgan fingerprint density at radius 3 is 3.00 bits per heavy atom. The van der Waals surface area contributed by atoms with Crippen molar-refractivity contribution in [1.82, 2.24) is 5.32 Å². The number of fused-ring (bicyclic) bond motifs is 1. The molecule has 1 saturated heterocycles. The van der Waals surface area contributed by atoms with Gasteiger partial charge in [0.15, 0.2) is 0 Å². The fourth-order valence-corrected chi connectivity index (χ4v) is 4.14. The van der Waals surface area contributed by atoms with Gasteiger partial charge in [-0.05, 0) is 48.0 Å². The van der Waals surface area contributed by atoms with Gasteiger partial charge in [-0.2, -0.15) is 0 Å². The highest BCUT2D eigenvalue weighted by Crippen LogP contribution is 2.49. The van der Waals surface area contributed by atoms with Gasteiger partial charge in [-0.25, -0.2) is 0 Å². The standard InChI is InChI=1S/C15H18N2O/c1-8-5-11-10-3-2-4-13-14(10)9(7-16-13)6-12(11)15(8)17-18/h4,8-9,16,18H,2-3,5-7H2,1H3. The highest BCUT2D eigenvalue weighted by atomic mass is 16.4. The lowest BCUT2D eigenvalue weighted by Crippen LogP contribution is -2.17. The second-order valence-electron chi connectivity index (χ2n) is 5.88. The number of nitrogens with zero attached hydrogens (tertiary/aromatic N) is 1. The minimum Gasteiger partial charge on any atom is -0.411 e. The van der Waals surface area contributed by atoms with Crippen molar-refractivity contribution in [2.24, 2.45) is 17.0 Å². The Hall–Kier alpha value is -1.51. The molecule has 0 spiro atoms. The van der Waals surface area contributed by atoms with Crippen LogP contribution in [0.2, 0.25) is 0 Å². The Balaban J connectivity index is 1.89. The van der Waals surface area contributed by atoms with Crippen LogP contribution in [-0.4, -0.2) is 17.5 Å². The summed E-state index contributed by atoms with van der Waals surface area (Å²) in [6.45, 7) is 3.22. The molecule has 1 fully saturated rings. The lowest BCUT2D eigenvalue weighted by molar-refractivity contribution is 0.316. The number of hydrogen-bond acceptors (Lipinski definition) is 3. The highest BCUT2D eigenvalue weighted by molar-refractivity contribution is 6.05. The van der Waals surface area contributed by atoms with Crippen LogP contribution in [0.3, 0.4) is 0 Å². The summed E-state index contributed by atoms with van der Waals surface area (Å²) in [6, 6.07) is 0. The lowest BCUT2D eigenvalue weighted by atomic mass is 9.76. The van der Waals surface area contributed by atoms with Crippen molar-refractivity contribution in [3.05, 3.63) is 34.1 Å². The molecule has 0 aromatic carbocycles. The van der Waals surface area contributed by atoms with E-state index in [0.717, 1.165) is 31.5 Å². The zero-order valence-electron chi connectivity index (χ0n) is 10.7. The molecule has 4 aliphatic rings. The van der Waals surface area contributed by atoms with Crippen molar-refractivity contribution in [2.75, 3.05) is 6.54 Å². The van der Waals surface area contributed by atoms with Gasteiger partial charge in [0, 0.05) is 24.1 Å². The Morgan fingerprint density at radius 2 is 2.17 bits per heavy atom. The predicted molar refractivity (Wildman–Crippen MR) is 70.5 cm³/mol. The van der Waals surface area contributed by atoms with Crippen molar-refractivity contribution in [3.8, 4) is 0 Å². The summed E-state index contributed by atoms with van der Waals surface area (Å²) in [5, 5.41) is 16.4. The Bertz CT molecular complexity index is 551. The molecule has 0 saturated carbocycles. The first kappa shape index (κ1) is 10.4. The van der Waals surface area contributed by atoms with Gasteiger partial charge in [-0.1, -0.05) is 18.2 Å². The predicted octanol–water partition coefficient (Wildman–Crippen LogP) is 2.75. The molecule has 18 heavy (non-hydrogen) atoms. The molecule has 1 heterocycles. The molecule has 0 radical (unpaired) electrons. The number of oxime groups is 1. The van der Waals surface area contributed by atoms with Crippen LogP contribution in [0.5, 0.6) is 0 Å². The minimum atomic E-state index is 0.384. The molecule has 2 N–H and O–H groups in total. The topological polar surface area (TPSA) is 44.6 Å². The molecule has 0 aromatic rings. The van der Waals surface area contributed by atoms with E-state index in [0.29, 0.717) is 11.8 Å². The first-order chi connectivity index (χ1) is 8.79. The first-order valence-corrected chi connectivity index (χ1v) is 6.91. The molecule has 0 aromatic heterocycles. The van der Waals surface area contributed by atoms with E-state index in [1.54, 1.807) is 11.1 Å². The second kappa shape index (κ2) is 3.50. The van der Waals surface area contributed by atoms with E-state index in [1.807, 2.05) is 0 Å². The van der Waals surface area contributed by atoms with Crippen LogP contribution in [0.15, 0.2) is 39.2 Å².